The molecule has 2 rings (SSSR count). The van der Waals surface area contributed by atoms with E-state index in [2.05, 4.69) is 16.9 Å². The molecule has 0 atom stereocenters. The summed E-state index contributed by atoms with van der Waals surface area (Å²) < 4.78 is 11.5. The number of aromatic amines is 2. The van der Waals surface area contributed by atoms with Gasteiger partial charge in [-0.15, -0.1) is 0 Å². The number of ether oxygens (including phenoxy) is 2. The van der Waals surface area contributed by atoms with Gasteiger partial charge in [-0.3, -0.25) is 9.78 Å². The third-order valence-electron chi connectivity index (χ3n) is 3.60. The Morgan fingerprint density at radius 3 is 2.58 bits per heavy atom. The second-order valence-electron chi connectivity index (χ2n) is 5.94. The summed E-state index contributed by atoms with van der Waals surface area (Å²) in [6.45, 7) is 6.00. The van der Waals surface area contributed by atoms with E-state index in [-0.39, 0.29) is 11.7 Å². The Kier molecular flexibility index (Phi) is 6.20. The Morgan fingerprint density at radius 2 is 1.96 bits per heavy atom. The molecule has 0 bridgehead atoms. The first-order chi connectivity index (χ1) is 11.4. The van der Waals surface area contributed by atoms with Crippen molar-refractivity contribution in [2.75, 3.05) is 7.11 Å². The highest BCUT2D eigenvalue weighted by Gasteiger charge is 2.12. The van der Waals surface area contributed by atoms with Gasteiger partial charge in [-0.25, -0.2) is 0 Å². The molecule has 6 heteroatoms. The summed E-state index contributed by atoms with van der Waals surface area (Å²) in [5.41, 5.74) is 2.46. The van der Waals surface area contributed by atoms with Crippen molar-refractivity contribution in [3.63, 3.8) is 0 Å². The van der Waals surface area contributed by atoms with Crippen molar-refractivity contribution in [3.8, 4) is 11.5 Å². The Morgan fingerprint density at radius 1 is 1.21 bits per heavy atom. The molecule has 0 aliphatic carbocycles. The van der Waals surface area contributed by atoms with Gasteiger partial charge in [-0.05, 0) is 50.2 Å². The van der Waals surface area contributed by atoms with Crippen LogP contribution in [-0.2, 0) is 12.8 Å². The Labute approximate surface area is 147 Å². The van der Waals surface area contributed by atoms with Crippen LogP contribution in [0.2, 0.25) is 0 Å². The van der Waals surface area contributed by atoms with Crippen molar-refractivity contribution < 1.29 is 9.47 Å². The van der Waals surface area contributed by atoms with E-state index >= 15 is 0 Å². The summed E-state index contributed by atoms with van der Waals surface area (Å²) in [5, 5.41) is 0. The molecule has 1 aromatic heterocycles. The van der Waals surface area contributed by atoms with Crippen molar-refractivity contribution >= 4 is 12.2 Å². The van der Waals surface area contributed by atoms with Crippen LogP contribution in [0.4, 0.5) is 0 Å². The minimum atomic E-state index is -0.135. The molecule has 2 aromatic rings. The predicted molar refractivity (Wildman–Crippen MR) is 97.8 cm³/mol. The average Bonchev–Trinajstić information content (AvgIpc) is 2.50. The van der Waals surface area contributed by atoms with Gasteiger partial charge < -0.3 is 14.5 Å². The maximum Gasteiger partial charge on any atom is 0.255 e. The van der Waals surface area contributed by atoms with E-state index in [1.807, 2.05) is 32.0 Å². The predicted octanol–water partition coefficient (Wildman–Crippen LogP) is 3.77. The Bertz CT molecular complexity index is 809. The topological polar surface area (TPSA) is 67.1 Å². The molecular formula is C18H24N2O3S. The highest BCUT2D eigenvalue weighted by molar-refractivity contribution is 7.71. The van der Waals surface area contributed by atoms with Crippen LogP contribution in [0.5, 0.6) is 11.5 Å². The zero-order chi connectivity index (χ0) is 17.7. The van der Waals surface area contributed by atoms with Crippen LogP contribution in [0, 0.1) is 4.77 Å². The van der Waals surface area contributed by atoms with Crippen molar-refractivity contribution in [2.45, 2.75) is 46.1 Å². The number of H-pyrrole nitrogens is 2. The van der Waals surface area contributed by atoms with Gasteiger partial charge in [0.05, 0.1) is 13.2 Å². The molecular weight excluding hydrogens is 324 g/mol. The van der Waals surface area contributed by atoms with Crippen LogP contribution >= 0.6 is 12.2 Å². The zero-order valence-corrected chi connectivity index (χ0v) is 15.4. The summed E-state index contributed by atoms with van der Waals surface area (Å²) in [4.78, 5) is 18.1. The molecule has 0 fully saturated rings. The number of nitrogens with one attached hydrogen (secondary N) is 2. The summed E-state index contributed by atoms with van der Waals surface area (Å²) in [6, 6.07) is 5.74. The lowest BCUT2D eigenvalue weighted by molar-refractivity contribution is 0.230. The highest BCUT2D eigenvalue weighted by Crippen LogP contribution is 2.29. The van der Waals surface area contributed by atoms with E-state index < -0.39 is 0 Å². The van der Waals surface area contributed by atoms with Crippen LogP contribution in [0.25, 0.3) is 0 Å². The van der Waals surface area contributed by atoms with Gasteiger partial charge in [0.1, 0.15) is 0 Å². The molecule has 0 amide bonds. The molecule has 0 saturated carbocycles. The number of methoxy groups -OCH3 is 1. The molecule has 0 aliphatic heterocycles. The summed E-state index contributed by atoms with van der Waals surface area (Å²) in [6.07, 6.45) is 2.27. The highest BCUT2D eigenvalue weighted by atomic mass is 32.1. The SMILES string of the molecule is CCCc1[nH]c(=S)[nH]c(=O)c1Cc1ccc(OC)c(OC(C)C)c1. The summed E-state index contributed by atoms with van der Waals surface area (Å²) in [5.74, 6) is 1.37. The summed E-state index contributed by atoms with van der Waals surface area (Å²) in [7, 11) is 1.61. The zero-order valence-electron chi connectivity index (χ0n) is 14.6. The Balaban J connectivity index is 2.41. The lowest BCUT2D eigenvalue weighted by Crippen LogP contribution is -2.18. The van der Waals surface area contributed by atoms with Crippen LogP contribution < -0.4 is 15.0 Å². The van der Waals surface area contributed by atoms with Crippen molar-refractivity contribution in [2.24, 2.45) is 0 Å². The molecule has 0 aliphatic rings. The first-order valence-corrected chi connectivity index (χ1v) is 8.53. The molecule has 0 radical (unpaired) electrons. The lowest BCUT2D eigenvalue weighted by atomic mass is 10.0. The first-order valence-electron chi connectivity index (χ1n) is 8.12. The maximum absolute atomic E-state index is 12.3. The first kappa shape index (κ1) is 18.3. The second-order valence-corrected chi connectivity index (χ2v) is 6.35. The van der Waals surface area contributed by atoms with E-state index in [0.717, 1.165) is 24.1 Å². The van der Waals surface area contributed by atoms with Gasteiger partial charge >= 0.3 is 0 Å². The van der Waals surface area contributed by atoms with Gasteiger partial charge in [-0.2, -0.15) is 0 Å². The fraction of sp³-hybridized carbons (Fsp3) is 0.444. The summed E-state index contributed by atoms with van der Waals surface area (Å²) >= 11 is 5.08. The van der Waals surface area contributed by atoms with E-state index in [1.165, 1.54) is 0 Å². The van der Waals surface area contributed by atoms with Crippen molar-refractivity contribution in [3.05, 3.63) is 50.1 Å². The fourth-order valence-corrected chi connectivity index (χ4v) is 2.81. The van der Waals surface area contributed by atoms with Crippen LogP contribution in [-0.4, -0.2) is 23.2 Å². The molecule has 2 N–H and O–H groups in total. The monoisotopic (exact) mass is 348 g/mol. The lowest BCUT2D eigenvalue weighted by Gasteiger charge is -2.15. The van der Waals surface area contributed by atoms with Gasteiger partial charge in [0, 0.05) is 17.7 Å². The third-order valence-corrected chi connectivity index (χ3v) is 3.81. The molecule has 24 heavy (non-hydrogen) atoms. The van der Waals surface area contributed by atoms with E-state index in [9.17, 15) is 4.79 Å². The molecule has 0 unspecified atom stereocenters. The maximum atomic E-state index is 12.3. The number of hydrogen-bond donors (Lipinski definition) is 2. The molecule has 1 heterocycles. The third kappa shape index (κ3) is 4.47. The number of aromatic nitrogens is 2. The minimum Gasteiger partial charge on any atom is -0.493 e. The van der Waals surface area contributed by atoms with E-state index in [4.69, 9.17) is 21.7 Å². The normalized spacial score (nSPS) is 10.9. The molecule has 1 aromatic carbocycles. The number of hydrogen-bond acceptors (Lipinski definition) is 4. The van der Waals surface area contributed by atoms with Crippen molar-refractivity contribution in [1.29, 1.82) is 0 Å². The molecule has 0 spiro atoms. The quantitative estimate of drug-likeness (QED) is 0.748. The van der Waals surface area contributed by atoms with Crippen LogP contribution in [0.1, 0.15) is 44.0 Å². The number of rotatable bonds is 7. The van der Waals surface area contributed by atoms with E-state index in [1.54, 1.807) is 7.11 Å². The van der Waals surface area contributed by atoms with Gasteiger partial charge in [0.25, 0.3) is 5.56 Å². The van der Waals surface area contributed by atoms with Gasteiger partial charge in [0.2, 0.25) is 0 Å². The Hall–Kier alpha value is -2.08. The standard InChI is InChI=1S/C18H24N2O3S/c1-5-6-14-13(17(21)20-18(24)19-14)9-12-7-8-15(22-4)16(10-12)23-11(2)3/h7-8,10-11H,5-6,9H2,1-4H3,(H2,19,20,21,24). The van der Waals surface area contributed by atoms with Crippen molar-refractivity contribution in [1.82, 2.24) is 9.97 Å². The van der Waals surface area contributed by atoms with Gasteiger partial charge in [0.15, 0.2) is 16.3 Å². The number of aryl methyl sites for hydroxylation is 1. The molecule has 5 nitrogen and oxygen atoms in total. The number of benzene rings is 1. The van der Waals surface area contributed by atoms with Crippen LogP contribution in [0.3, 0.4) is 0 Å². The smallest absolute Gasteiger partial charge is 0.255 e. The van der Waals surface area contributed by atoms with Gasteiger partial charge in [-0.1, -0.05) is 19.4 Å². The minimum absolute atomic E-state index is 0.0426. The molecule has 130 valence electrons. The average molecular weight is 348 g/mol. The second kappa shape index (κ2) is 8.15. The van der Waals surface area contributed by atoms with Crippen LogP contribution in [0.15, 0.2) is 23.0 Å². The van der Waals surface area contributed by atoms with E-state index in [0.29, 0.717) is 28.3 Å². The fourth-order valence-electron chi connectivity index (χ4n) is 2.59. The largest absolute Gasteiger partial charge is 0.493 e. The molecule has 0 saturated heterocycles.